The Morgan fingerprint density at radius 2 is 1.79 bits per heavy atom. The van der Waals surface area contributed by atoms with Gasteiger partial charge in [-0.05, 0) is 24.1 Å². The third-order valence-corrected chi connectivity index (χ3v) is 4.85. The van der Waals surface area contributed by atoms with E-state index in [4.69, 9.17) is 14.2 Å². The first kappa shape index (κ1) is 19.5. The summed E-state index contributed by atoms with van der Waals surface area (Å²) in [7, 11) is 4.46. The first-order chi connectivity index (χ1) is 13.6. The van der Waals surface area contributed by atoms with E-state index < -0.39 is 11.9 Å². The van der Waals surface area contributed by atoms with Crippen LogP contribution in [0.1, 0.15) is 17.9 Å². The fourth-order valence-corrected chi connectivity index (χ4v) is 3.46. The lowest BCUT2D eigenvalue weighted by atomic mass is 9.76. The van der Waals surface area contributed by atoms with Crippen LogP contribution in [-0.4, -0.2) is 33.1 Å². The van der Waals surface area contributed by atoms with Gasteiger partial charge in [-0.2, -0.15) is 0 Å². The molecule has 146 valence electrons. The van der Waals surface area contributed by atoms with Gasteiger partial charge in [-0.3, -0.25) is 9.59 Å². The van der Waals surface area contributed by atoms with Gasteiger partial charge in [0.1, 0.15) is 17.4 Å². The molecular weight excluding hydrogens is 358 g/mol. The van der Waals surface area contributed by atoms with Crippen molar-refractivity contribution in [1.82, 2.24) is 0 Å². The van der Waals surface area contributed by atoms with Crippen molar-refractivity contribution in [3.8, 4) is 11.5 Å². The maximum atomic E-state index is 12.8. The molecule has 0 radical (unpaired) electrons. The molecule has 28 heavy (non-hydrogen) atoms. The van der Waals surface area contributed by atoms with Crippen LogP contribution in [-0.2, 0) is 14.3 Å². The Kier molecular flexibility index (Phi) is 5.99. The Bertz CT molecular complexity index is 891. The molecule has 3 rings (SSSR count). The van der Waals surface area contributed by atoms with Crippen molar-refractivity contribution < 1.29 is 23.8 Å². The average molecular weight is 381 g/mol. The van der Waals surface area contributed by atoms with Gasteiger partial charge in [-0.1, -0.05) is 30.3 Å². The first-order valence-corrected chi connectivity index (χ1v) is 8.93. The molecule has 2 atom stereocenters. The summed E-state index contributed by atoms with van der Waals surface area (Å²) in [4.78, 5) is 25.1. The Morgan fingerprint density at radius 3 is 2.43 bits per heavy atom. The lowest BCUT2D eigenvalue weighted by Gasteiger charge is -2.29. The third kappa shape index (κ3) is 4.01. The van der Waals surface area contributed by atoms with Gasteiger partial charge in [0.15, 0.2) is 5.78 Å². The molecule has 0 unspecified atom stereocenters. The molecule has 0 saturated heterocycles. The maximum Gasteiger partial charge on any atom is 0.317 e. The number of hydrogen-bond donors (Lipinski definition) is 1. The number of nitrogens with one attached hydrogen (secondary N) is 1. The minimum Gasteiger partial charge on any atom is -0.497 e. The molecule has 6 nitrogen and oxygen atoms in total. The highest BCUT2D eigenvalue weighted by Crippen LogP contribution is 2.38. The number of carbonyl (C=O) groups excluding carboxylic acids is 2. The zero-order chi connectivity index (χ0) is 20.1. The Labute approximate surface area is 164 Å². The number of ketones is 1. The Balaban J connectivity index is 1.95. The van der Waals surface area contributed by atoms with Gasteiger partial charge in [-0.15, -0.1) is 0 Å². The summed E-state index contributed by atoms with van der Waals surface area (Å²) in [6, 6.07) is 14.9. The largest absolute Gasteiger partial charge is 0.497 e. The number of benzene rings is 2. The van der Waals surface area contributed by atoms with Gasteiger partial charge < -0.3 is 19.5 Å². The second-order valence-corrected chi connectivity index (χ2v) is 6.49. The van der Waals surface area contributed by atoms with Crippen LogP contribution in [0.25, 0.3) is 0 Å². The molecule has 0 heterocycles. The topological polar surface area (TPSA) is 73.9 Å². The summed E-state index contributed by atoms with van der Waals surface area (Å²) in [6.07, 6.45) is 1.95. The average Bonchev–Trinajstić information content (AvgIpc) is 2.73. The van der Waals surface area contributed by atoms with E-state index in [1.807, 2.05) is 30.3 Å². The highest BCUT2D eigenvalue weighted by Gasteiger charge is 2.39. The molecule has 2 aromatic rings. The normalized spacial score (nSPS) is 18.8. The van der Waals surface area contributed by atoms with Crippen molar-refractivity contribution in [2.75, 3.05) is 26.6 Å². The summed E-state index contributed by atoms with van der Waals surface area (Å²) in [6.45, 7) is 0. The minimum absolute atomic E-state index is 0.281. The van der Waals surface area contributed by atoms with Crippen molar-refractivity contribution in [3.05, 3.63) is 65.9 Å². The molecule has 0 amide bonds. The summed E-state index contributed by atoms with van der Waals surface area (Å²) in [5.41, 5.74) is 2.30. The fourth-order valence-electron chi connectivity index (χ4n) is 3.46. The molecule has 0 aliphatic heterocycles. The zero-order valence-electron chi connectivity index (χ0n) is 16.1. The van der Waals surface area contributed by atoms with E-state index in [0.717, 1.165) is 5.56 Å². The predicted octanol–water partition coefficient (Wildman–Crippen LogP) is 3.55. The van der Waals surface area contributed by atoms with E-state index in [-0.39, 0.29) is 11.7 Å². The summed E-state index contributed by atoms with van der Waals surface area (Å²) < 4.78 is 15.6. The molecule has 0 fully saturated rings. The molecule has 2 aromatic carbocycles. The summed E-state index contributed by atoms with van der Waals surface area (Å²) in [5, 5.41) is 3.27. The van der Waals surface area contributed by atoms with E-state index in [2.05, 4.69) is 5.32 Å². The molecule has 1 N–H and O–H groups in total. The minimum atomic E-state index is -0.856. The van der Waals surface area contributed by atoms with Gasteiger partial charge in [0.25, 0.3) is 0 Å². The van der Waals surface area contributed by atoms with Crippen LogP contribution < -0.4 is 14.8 Å². The van der Waals surface area contributed by atoms with Crippen LogP contribution in [0.5, 0.6) is 11.5 Å². The molecule has 1 aliphatic rings. The lowest BCUT2D eigenvalue weighted by Crippen LogP contribution is -2.34. The van der Waals surface area contributed by atoms with Gasteiger partial charge in [0, 0.05) is 23.8 Å². The number of ether oxygens (including phenoxy) is 3. The third-order valence-electron chi connectivity index (χ3n) is 4.85. The molecular formula is C22H23NO5. The van der Waals surface area contributed by atoms with Crippen LogP contribution in [0.15, 0.2) is 60.3 Å². The van der Waals surface area contributed by atoms with Crippen LogP contribution in [0, 0.1) is 5.92 Å². The van der Waals surface area contributed by atoms with E-state index in [1.54, 1.807) is 32.4 Å². The zero-order valence-corrected chi connectivity index (χ0v) is 16.1. The molecule has 0 saturated carbocycles. The van der Waals surface area contributed by atoms with Gasteiger partial charge in [0.2, 0.25) is 0 Å². The van der Waals surface area contributed by atoms with Crippen molar-refractivity contribution in [2.24, 2.45) is 5.92 Å². The number of allylic oxidation sites excluding steroid dienone is 2. The summed E-state index contributed by atoms with van der Waals surface area (Å²) >= 11 is 0. The fraction of sp³-hybridized carbons (Fsp3) is 0.273. The number of esters is 1. The molecule has 1 aliphatic carbocycles. The second-order valence-electron chi connectivity index (χ2n) is 6.49. The van der Waals surface area contributed by atoms with Crippen LogP contribution in [0.4, 0.5) is 5.69 Å². The van der Waals surface area contributed by atoms with Crippen molar-refractivity contribution >= 4 is 17.4 Å². The van der Waals surface area contributed by atoms with Crippen molar-refractivity contribution in [2.45, 2.75) is 12.3 Å². The number of anilines is 1. The second kappa shape index (κ2) is 8.61. The van der Waals surface area contributed by atoms with Crippen molar-refractivity contribution in [1.29, 1.82) is 0 Å². The highest BCUT2D eigenvalue weighted by molar-refractivity contribution is 6.07. The maximum absolute atomic E-state index is 12.8. The monoisotopic (exact) mass is 381 g/mol. The van der Waals surface area contributed by atoms with Crippen LogP contribution in [0.3, 0.4) is 0 Å². The quantitative estimate of drug-likeness (QED) is 0.609. The van der Waals surface area contributed by atoms with Crippen molar-refractivity contribution in [3.63, 3.8) is 0 Å². The van der Waals surface area contributed by atoms with Gasteiger partial charge >= 0.3 is 5.97 Å². The smallest absolute Gasteiger partial charge is 0.317 e. The molecule has 0 aromatic heterocycles. The SMILES string of the molecule is COC(=O)[C@H]1C(=O)C=C(Nc2cc(OC)ccc2OC)C[C@H]1c1ccccc1. The van der Waals surface area contributed by atoms with E-state index in [0.29, 0.717) is 29.3 Å². The Hall–Kier alpha value is -3.28. The van der Waals surface area contributed by atoms with E-state index >= 15 is 0 Å². The predicted molar refractivity (Wildman–Crippen MR) is 106 cm³/mol. The summed E-state index contributed by atoms with van der Waals surface area (Å²) in [5.74, 6) is -0.682. The number of rotatable bonds is 6. The van der Waals surface area contributed by atoms with Crippen LogP contribution >= 0.6 is 0 Å². The van der Waals surface area contributed by atoms with Gasteiger partial charge in [-0.25, -0.2) is 0 Å². The standard InChI is InChI=1S/C22H23NO5/c1-26-16-9-10-20(27-2)18(13-16)23-15-11-17(14-7-5-4-6-8-14)21(19(24)12-15)22(25)28-3/h4-10,12-13,17,21,23H,11H2,1-3H3/t17-,21+/m0/s1. The van der Waals surface area contributed by atoms with Crippen LogP contribution in [0.2, 0.25) is 0 Å². The lowest BCUT2D eigenvalue weighted by molar-refractivity contribution is -0.149. The highest BCUT2D eigenvalue weighted by atomic mass is 16.5. The number of hydrogen-bond acceptors (Lipinski definition) is 6. The Morgan fingerprint density at radius 1 is 1.04 bits per heavy atom. The number of carbonyl (C=O) groups is 2. The van der Waals surface area contributed by atoms with Gasteiger partial charge in [0.05, 0.1) is 27.0 Å². The molecule has 6 heteroatoms. The molecule has 0 bridgehead atoms. The van der Waals surface area contributed by atoms with E-state index in [1.165, 1.54) is 13.2 Å². The number of methoxy groups -OCH3 is 3. The first-order valence-electron chi connectivity index (χ1n) is 8.93. The molecule has 0 spiro atoms. The van der Waals surface area contributed by atoms with E-state index in [9.17, 15) is 9.59 Å².